The molecule has 0 heterocycles. The molecule has 0 amide bonds. The molecule has 0 aliphatic heterocycles. The van der Waals surface area contributed by atoms with E-state index in [2.05, 4.69) is 19.9 Å². The molecule has 0 aromatic heterocycles. The number of ketones is 4. The van der Waals surface area contributed by atoms with Gasteiger partial charge in [0.1, 0.15) is 40.7 Å². The van der Waals surface area contributed by atoms with E-state index in [0.717, 1.165) is 25.3 Å². The zero-order valence-corrected chi connectivity index (χ0v) is 23.4. The van der Waals surface area contributed by atoms with Crippen molar-refractivity contribution in [3.8, 4) is 17.2 Å². The van der Waals surface area contributed by atoms with E-state index in [1.165, 1.54) is 13.2 Å². The normalized spacial score (nSPS) is 33.6. The van der Waals surface area contributed by atoms with Crippen LogP contribution in [0, 0.1) is 11.3 Å². The molecule has 10 heteroatoms. The van der Waals surface area contributed by atoms with Crippen LogP contribution in [0.15, 0.2) is 17.7 Å². The Morgan fingerprint density at radius 3 is 2.32 bits per heavy atom. The van der Waals surface area contributed by atoms with Gasteiger partial charge in [-0.2, -0.15) is 0 Å². The highest BCUT2D eigenvalue weighted by molar-refractivity contribution is 6.33. The fraction of sp³-hybridized carbons (Fsp3) is 0.484. The summed E-state index contributed by atoms with van der Waals surface area (Å²) in [7, 11) is 1.45. The second-order valence-electron chi connectivity index (χ2n) is 12.6. The lowest BCUT2D eigenvalue weighted by atomic mass is 9.53. The van der Waals surface area contributed by atoms with Gasteiger partial charge in [-0.3, -0.25) is 19.2 Å². The minimum Gasteiger partial charge on any atom is -0.507 e. The lowest BCUT2D eigenvalue weighted by molar-refractivity contribution is -0.207. The Balaban J connectivity index is 1.77. The van der Waals surface area contributed by atoms with Crippen LogP contribution in [0.5, 0.6) is 17.2 Å². The minimum absolute atomic E-state index is 0.127. The van der Waals surface area contributed by atoms with E-state index in [9.17, 15) is 44.7 Å². The Kier molecular flexibility index (Phi) is 5.39. The van der Waals surface area contributed by atoms with Crippen molar-refractivity contribution < 1.29 is 49.4 Å². The van der Waals surface area contributed by atoms with Gasteiger partial charge in [0, 0.05) is 34.4 Å². The molecule has 5 atom stereocenters. The van der Waals surface area contributed by atoms with Gasteiger partial charge in [0.05, 0.1) is 18.1 Å². The molecule has 4 aliphatic rings. The highest BCUT2D eigenvalue weighted by Crippen LogP contribution is 2.66. The van der Waals surface area contributed by atoms with Gasteiger partial charge in [-0.15, -0.1) is 0 Å². The third-order valence-electron chi connectivity index (χ3n) is 10.5. The maximum absolute atomic E-state index is 14.1. The zero-order valence-electron chi connectivity index (χ0n) is 23.4. The van der Waals surface area contributed by atoms with E-state index >= 15 is 0 Å². The quantitative estimate of drug-likeness (QED) is 0.268. The first-order valence-corrected chi connectivity index (χ1v) is 13.6. The van der Waals surface area contributed by atoms with Gasteiger partial charge in [-0.1, -0.05) is 25.5 Å². The summed E-state index contributed by atoms with van der Waals surface area (Å²) in [5.41, 5.74) is -6.53. The number of aromatic hydroxyl groups is 2. The number of carbonyl (C=O) groups excluding carboxylic acids is 4. The van der Waals surface area contributed by atoms with Crippen LogP contribution >= 0.6 is 0 Å². The summed E-state index contributed by atoms with van der Waals surface area (Å²) in [6, 6.07) is 1.34. The molecule has 6 rings (SSSR count). The molecule has 0 saturated heterocycles. The van der Waals surface area contributed by atoms with Crippen molar-refractivity contribution in [3.63, 3.8) is 0 Å². The van der Waals surface area contributed by atoms with Crippen molar-refractivity contribution in [2.24, 2.45) is 11.3 Å². The number of hydrogen-bond donors (Lipinski definition) is 5. The summed E-state index contributed by atoms with van der Waals surface area (Å²) in [6.45, 7) is 7.07. The van der Waals surface area contributed by atoms with E-state index in [1.54, 1.807) is 0 Å². The smallest absolute Gasteiger partial charge is 0.219 e. The Labute approximate surface area is 235 Å². The Hall–Kier alpha value is -3.60. The number of ether oxygens (including phenoxy) is 1. The number of allylic oxidation sites excluding steroid dienone is 2. The lowest BCUT2D eigenvalue weighted by Crippen LogP contribution is -2.74. The number of aliphatic hydroxyl groups is 3. The van der Waals surface area contributed by atoms with Crippen molar-refractivity contribution in [2.45, 2.75) is 76.1 Å². The van der Waals surface area contributed by atoms with Crippen LogP contribution < -0.4 is 4.74 Å². The average Bonchev–Trinajstić information content (AvgIpc) is 3.24. The third kappa shape index (κ3) is 2.83. The molecule has 2 aromatic carbocycles. The molecule has 5 N–H and O–H groups in total. The van der Waals surface area contributed by atoms with Crippen LogP contribution in [0.1, 0.15) is 80.1 Å². The number of methoxy groups -OCH3 is 1. The summed E-state index contributed by atoms with van der Waals surface area (Å²) in [4.78, 5) is 52.6. The maximum Gasteiger partial charge on any atom is 0.219 e. The third-order valence-corrected chi connectivity index (χ3v) is 10.5. The molecule has 10 nitrogen and oxygen atoms in total. The van der Waals surface area contributed by atoms with Crippen molar-refractivity contribution in [1.82, 2.24) is 0 Å². The van der Waals surface area contributed by atoms with Gasteiger partial charge in [0.25, 0.3) is 0 Å². The van der Waals surface area contributed by atoms with E-state index in [-0.39, 0.29) is 17.4 Å². The van der Waals surface area contributed by atoms with Crippen LogP contribution in [0.4, 0.5) is 0 Å². The molecule has 2 aromatic rings. The molecule has 4 aliphatic carbocycles. The maximum atomic E-state index is 14.1. The minimum atomic E-state index is -3.40. The number of Topliss-reactive ketones (excluding diaryl/α,β-unsaturated/α-hetero) is 4. The van der Waals surface area contributed by atoms with Crippen molar-refractivity contribution in [3.05, 3.63) is 40.0 Å². The molecule has 1 fully saturated rings. The highest BCUT2D eigenvalue weighted by atomic mass is 16.5. The molecule has 216 valence electrons. The Morgan fingerprint density at radius 2 is 1.73 bits per heavy atom. The fourth-order valence-electron chi connectivity index (χ4n) is 8.36. The van der Waals surface area contributed by atoms with Gasteiger partial charge in [0.2, 0.25) is 11.4 Å². The summed E-state index contributed by atoms with van der Waals surface area (Å²) >= 11 is 0. The predicted molar refractivity (Wildman–Crippen MR) is 144 cm³/mol. The lowest BCUT2D eigenvalue weighted by Gasteiger charge is -2.51. The molecule has 0 radical (unpaired) electrons. The Morgan fingerprint density at radius 1 is 1.07 bits per heavy atom. The summed E-state index contributed by atoms with van der Waals surface area (Å²) in [5, 5.41) is 58.1. The van der Waals surface area contributed by atoms with Gasteiger partial charge < -0.3 is 30.3 Å². The van der Waals surface area contributed by atoms with Crippen molar-refractivity contribution in [1.29, 1.82) is 0 Å². The summed E-state index contributed by atoms with van der Waals surface area (Å²) < 4.78 is 5.73. The first-order valence-electron chi connectivity index (χ1n) is 13.6. The molecule has 5 unspecified atom stereocenters. The fourth-order valence-corrected chi connectivity index (χ4v) is 8.36. The van der Waals surface area contributed by atoms with Gasteiger partial charge in [-0.05, 0) is 44.1 Å². The summed E-state index contributed by atoms with van der Waals surface area (Å²) in [5.74, 6) is -7.88. The molecular formula is C31H32O10. The second kappa shape index (κ2) is 8.02. The molecule has 0 bridgehead atoms. The van der Waals surface area contributed by atoms with E-state index in [0.29, 0.717) is 22.3 Å². The molecule has 1 saturated carbocycles. The van der Waals surface area contributed by atoms with Crippen LogP contribution in [0.2, 0.25) is 0 Å². The number of carbonyl (C=O) groups is 4. The summed E-state index contributed by atoms with van der Waals surface area (Å²) in [6.07, 6.45) is 0.607. The van der Waals surface area contributed by atoms with Gasteiger partial charge in [0.15, 0.2) is 11.6 Å². The van der Waals surface area contributed by atoms with E-state index < -0.39 is 80.7 Å². The first kappa shape index (κ1) is 27.6. The number of fused-ring (bicyclic) bond motifs is 4. The first-order chi connectivity index (χ1) is 19.0. The Bertz CT molecular complexity index is 1680. The molecular weight excluding hydrogens is 532 g/mol. The number of hydrogen-bond acceptors (Lipinski definition) is 10. The predicted octanol–water partition coefficient (Wildman–Crippen LogP) is 2.26. The largest absolute Gasteiger partial charge is 0.507 e. The average molecular weight is 565 g/mol. The number of phenols is 2. The molecule has 41 heavy (non-hydrogen) atoms. The number of phenolic OH excluding ortho intramolecular Hbond substituents is 2. The SMILES string of the molecule is COc1cc(O)c2c(O)c3c(c4c2c1C1(C4)C(C)=CCCC1(C)C)C(O)C1(O)CC(=O)C(C(C)=O)C(=O)C1(O)C3=O. The monoisotopic (exact) mass is 564 g/mol. The van der Waals surface area contributed by atoms with Crippen LogP contribution in [0.25, 0.3) is 10.8 Å². The van der Waals surface area contributed by atoms with Gasteiger partial charge >= 0.3 is 0 Å². The molecule has 1 spiro atoms. The van der Waals surface area contributed by atoms with Crippen LogP contribution in [-0.2, 0) is 26.2 Å². The van der Waals surface area contributed by atoms with E-state index in [4.69, 9.17) is 4.74 Å². The number of aliphatic hydroxyl groups excluding tert-OH is 1. The van der Waals surface area contributed by atoms with Crippen LogP contribution in [0.3, 0.4) is 0 Å². The van der Waals surface area contributed by atoms with Gasteiger partial charge in [-0.25, -0.2) is 0 Å². The van der Waals surface area contributed by atoms with Crippen molar-refractivity contribution >= 4 is 33.9 Å². The number of benzene rings is 2. The number of rotatable bonds is 2. The zero-order chi connectivity index (χ0) is 30.2. The topological polar surface area (TPSA) is 179 Å². The van der Waals surface area contributed by atoms with E-state index in [1.807, 2.05) is 6.92 Å². The van der Waals surface area contributed by atoms with Crippen LogP contribution in [-0.4, -0.2) is 67.0 Å². The second-order valence-corrected chi connectivity index (χ2v) is 12.6. The highest BCUT2D eigenvalue weighted by Gasteiger charge is 2.73. The van der Waals surface area contributed by atoms with Crippen molar-refractivity contribution in [2.75, 3.05) is 7.11 Å². The standard InChI is InChI=1S/C31H32O10/c1-12-7-6-8-28(3,4)29(12)10-14-19-21(15(33)9-17(41-5)23(19)29)24(35)22-20(14)25(36)30(39)11-16(34)18(13(2)32)26(37)31(30,40)27(22)38/h7,9,18,25,33,35-36,39-40H,6,8,10-11H2,1-5H3.